The quantitative estimate of drug-likeness (QED) is 0.415. The highest BCUT2D eigenvalue weighted by atomic mass is 19.1. The first-order valence-corrected chi connectivity index (χ1v) is 10.8. The third kappa shape index (κ3) is 4.36. The fourth-order valence-corrected chi connectivity index (χ4v) is 4.30. The lowest BCUT2D eigenvalue weighted by atomic mass is 9.85. The van der Waals surface area contributed by atoms with Crippen molar-refractivity contribution in [1.82, 2.24) is 4.90 Å². The van der Waals surface area contributed by atoms with Crippen molar-refractivity contribution < 1.29 is 13.9 Å². The molecule has 0 aromatic heterocycles. The molecule has 1 heterocycles. The molecule has 0 bridgehead atoms. The van der Waals surface area contributed by atoms with Gasteiger partial charge in [-0.2, -0.15) is 0 Å². The zero-order valence-corrected chi connectivity index (χ0v) is 18.0. The minimum Gasteiger partial charge on any atom is -0.438 e. The summed E-state index contributed by atoms with van der Waals surface area (Å²) in [6, 6.07) is 23.9. The second kappa shape index (κ2) is 9.23. The smallest absolute Gasteiger partial charge is 0.411 e. The van der Waals surface area contributed by atoms with Gasteiger partial charge in [-0.3, -0.25) is 0 Å². The summed E-state index contributed by atoms with van der Waals surface area (Å²) in [5.74, 6) is -0.259. The molecule has 4 nitrogen and oxygen atoms in total. The summed E-state index contributed by atoms with van der Waals surface area (Å²) in [6.45, 7) is 10.0. The van der Waals surface area contributed by atoms with Crippen molar-refractivity contribution in [3.05, 3.63) is 107 Å². The van der Waals surface area contributed by atoms with Crippen LogP contribution in [0.1, 0.15) is 36.9 Å². The average molecular weight is 429 g/mol. The highest BCUT2D eigenvalue weighted by Crippen LogP contribution is 2.39. The summed E-state index contributed by atoms with van der Waals surface area (Å²) in [7, 11) is 0. The predicted octanol–water partition coefficient (Wildman–Crippen LogP) is 6.60. The Kier molecular flexibility index (Phi) is 6.23. The van der Waals surface area contributed by atoms with Gasteiger partial charge in [-0.25, -0.2) is 15.8 Å². The molecule has 0 unspecified atom stereocenters. The van der Waals surface area contributed by atoms with E-state index in [1.807, 2.05) is 61.5 Å². The van der Waals surface area contributed by atoms with Gasteiger partial charge in [0.1, 0.15) is 11.4 Å². The third-order valence-electron chi connectivity index (χ3n) is 6.24. The van der Waals surface area contributed by atoms with Crippen molar-refractivity contribution in [2.45, 2.75) is 31.4 Å². The van der Waals surface area contributed by atoms with E-state index in [1.54, 1.807) is 17.0 Å². The van der Waals surface area contributed by atoms with Crippen LogP contribution in [0.25, 0.3) is 16.0 Å². The monoisotopic (exact) mass is 428 g/mol. The van der Waals surface area contributed by atoms with Crippen LogP contribution in [0.4, 0.5) is 9.18 Å². The van der Waals surface area contributed by atoms with Crippen molar-refractivity contribution in [3.8, 4) is 11.1 Å². The van der Waals surface area contributed by atoms with Crippen LogP contribution < -0.4 is 0 Å². The molecule has 5 heteroatoms. The second-order valence-corrected chi connectivity index (χ2v) is 8.11. The first kappa shape index (κ1) is 21.6. The number of benzene rings is 3. The second-order valence-electron chi connectivity index (χ2n) is 8.11. The van der Waals surface area contributed by atoms with E-state index in [2.05, 4.69) is 4.85 Å². The molecule has 3 aromatic rings. The first-order valence-electron chi connectivity index (χ1n) is 10.8. The van der Waals surface area contributed by atoms with Gasteiger partial charge in [0.05, 0.1) is 12.5 Å². The van der Waals surface area contributed by atoms with Crippen molar-refractivity contribution in [2.75, 3.05) is 13.1 Å². The molecule has 1 saturated heterocycles. The topological polar surface area (TPSA) is 33.9 Å². The Labute approximate surface area is 188 Å². The van der Waals surface area contributed by atoms with E-state index in [-0.39, 0.29) is 18.0 Å². The zero-order chi connectivity index (χ0) is 22.6. The SMILES string of the molecule is [C-]#[N+]CC[C@]1(c2ccccc2)CCN([C@@H](C)c2ccc(-c3ccc(F)cc3)cc2)C(=O)O1. The lowest BCUT2D eigenvalue weighted by molar-refractivity contribution is -0.0631. The summed E-state index contributed by atoms with van der Waals surface area (Å²) in [5.41, 5.74) is 3.11. The summed E-state index contributed by atoms with van der Waals surface area (Å²) in [4.78, 5) is 18.3. The van der Waals surface area contributed by atoms with Crippen LogP contribution >= 0.6 is 0 Å². The van der Waals surface area contributed by atoms with E-state index in [4.69, 9.17) is 11.3 Å². The van der Waals surface area contributed by atoms with Gasteiger partial charge < -0.3 is 14.5 Å². The third-order valence-corrected chi connectivity index (χ3v) is 6.24. The van der Waals surface area contributed by atoms with Gasteiger partial charge in [-0.05, 0) is 41.3 Å². The van der Waals surface area contributed by atoms with Crippen molar-refractivity contribution >= 4 is 6.09 Å². The largest absolute Gasteiger partial charge is 0.438 e. The summed E-state index contributed by atoms with van der Waals surface area (Å²) >= 11 is 0. The highest BCUT2D eigenvalue weighted by molar-refractivity contribution is 5.70. The Hall–Kier alpha value is -3.65. The Bertz CT molecular complexity index is 1110. The van der Waals surface area contributed by atoms with Gasteiger partial charge in [-0.15, -0.1) is 0 Å². The summed E-state index contributed by atoms with van der Waals surface area (Å²) in [5, 5.41) is 0. The predicted molar refractivity (Wildman–Crippen MR) is 122 cm³/mol. The van der Waals surface area contributed by atoms with Crippen LogP contribution in [-0.4, -0.2) is 24.1 Å². The number of rotatable bonds is 6. The van der Waals surface area contributed by atoms with Gasteiger partial charge >= 0.3 is 6.09 Å². The maximum Gasteiger partial charge on any atom is 0.411 e. The summed E-state index contributed by atoms with van der Waals surface area (Å²) < 4.78 is 19.2. The van der Waals surface area contributed by atoms with Crippen LogP contribution in [0.15, 0.2) is 78.9 Å². The van der Waals surface area contributed by atoms with Gasteiger partial charge in [0, 0.05) is 13.0 Å². The maximum atomic E-state index is 13.2. The van der Waals surface area contributed by atoms with E-state index >= 15 is 0 Å². The highest BCUT2D eigenvalue weighted by Gasteiger charge is 2.44. The van der Waals surface area contributed by atoms with Gasteiger partial charge in [0.15, 0.2) is 0 Å². The number of nitrogens with zero attached hydrogens (tertiary/aromatic N) is 2. The molecule has 0 saturated carbocycles. The van der Waals surface area contributed by atoms with Crippen LogP contribution in [-0.2, 0) is 10.3 Å². The minimum absolute atomic E-state index is 0.153. The number of carbonyl (C=O) groups is 1. The fraction of sp³-hybridized carbons (Fsp3) is 0.259. The molecular formula is C27H25FN2O2. The molecule has 32 heavy (non-hydrogen) atoms. The number of cyclic esters (lactones) is 1. The van der Waals surface area contributed by atoms with Crippen LogP contribution in [0.2, 0.25) is 0 Å². The molecule has 1 fully saturated rings. The molecule has 162 valence electrons. The van der Waals surface area contributed by atoms with E-state index in [9.17, 15) is 9.18 Å². The molecule has 2 atom stereocenters. The molecule has 0 radical (unpaired) electrons. The van der Waals surface area contributed by atoms with Crippen molar-refractivity contribution in [3.63, 3.8) is 0 Å². The molecule has 1 aliphatic heterocycles. The molecule has 1 amide bonds. The van der Waals surface area contributed by atoms with Gasteiger partial charge in [0.25, 0.3) is 0 Å². The average Bonchev–Trinajstić information content (AvgIpc) is 2.83. The van der Waals surface area contributed by atoms with Gasteiger partial charge in [-0.1, -0.05) is 66.7 Å². The van der Waals surface area contributed by atoms with E-state index in [1.165, 1.54) is 12.1 Å². The molecule has 0 N–H and O–H groups in total. The normalized spacial score (nSPS) is 19.2. The van der Waals surface area contributed by atoms with E-state index in [0.29, 0.717) is 25.9 Å². The number of ether oxygens (including phenoxy) is 1. The number of hydrogen-bond acceptors (Lipinski definition) is 2. The van der Waals surface area contributed by atoms with Crippen LogP contribution in [0, 0.1) is 12.4 Å². The van der Waals surface area contributed by atoms with Crippen molar-refractivity contribution in [2.24, 2.45) is 0 Å². The standard InChI is InChI=1S/C27H25FN2O2/c1-20(21-8-10-22(11-9-21)23-12-14-25(28)15-13-23)30-19-17-27(16-18-29-2,32-26(30)31)24-6-4-3-5-7-24/h3-15,20H,16-19H2,1H3/t20-,27+/m0/s1. The first-order chi connectivity index (χ1) is 15.5. The molecule has 0 aliphatic carbocycles. The number of hydrogen-bond donors (Lipinski definition) is 0. The Morgan fingerprint density at radius 2 is 1.66 bits per heavy atom. The Balaban J connectivity index is 1.51. The Morgan fingerprint density at radius 1 is 1.03 bits per heavy atom. The minimum atomic E-state index is -0.758. The van der Waals surface area contributed by atoms with Crippen molar-refractivity contribution in [1.29, 1.82) is 0 Å². The molecular weight excluding hydrogens is 403 g/mol. The van der Waals surface area contributed by atoms with Crippen LogP contribution in [0.5, 0.6) is 0 Å². The number of halogens is 1. The molecule has 1 aliphatic rings. The maximum absolute atomic E-state index is 13.2. The lowest BCUT2D eigenvalue weighted by Crippen LogP contribution is -2.49. The van der Waals surface area contributed by atoms with E-state index in [0.717, 1.165) is 22.3 Å². The molecule has 0 spiro atoms. The summed E-state index contributed by atoms with van der Waals surface area (Å²) in [6.07, 6.45) is 0.761. The number of carbonyl (C=O) groups excluding carboxylic acids is 1. The Morgan fingerprint density at radius 3 is 2.25 bits per heavy atom. The van der Waals surface area contributed by atoms with Gasteiger partial charge in [0.2, 0.25) is 6.54 Å². The lowest BCUT2D eigenvalue weighted by Gasteiger charge is -2.43. The zero-order valence-electron chi connectivity index (χ0n) is 18.0. The molecule has 3 aromatic carbocycles. The van der Waals surface area contributed by atoms with Crippen LogP contribution in [0.3, 0.4) is 0 Å². The fourth-order valence-electron chi connectivity index (χ4n) is 4.30. The number of amides is 1. The molecule has 4 rings (SSSR count). The van der Waals surface area contributed by atoms with E-state index < -0.39 is 5.60 Å².